The standard InChI is InChI=1S/C15H30N2O3/c1-4-19-11-9-17(10-12-20-5-2)15(18)14-8-6-7-13(3)16-14/h13-14,16H,4-12H2,1-3H3. The monoisotopic (exact) mass is 286 g/mol. The molecule has 0 aromatic rings. The lowest BCUT2D eigenvalue weighted by molar-refractivity contribution is -0.136. The molecule has 0 spiro atoms. The quantitative estimate of drug-likeness (QED) is 0.651. The predicted molar refractivity (Wildman–Crippen MR) is 79.8 cm³/mol. The van der Waals surface area contributed by atoms with Gasteiger partial charge in [-0.2, -0.15) is 0 Å². The maximum atomic E-state index is 12.6. The third-order valence-electron chi connectivity index (χ3n) is 3.64. The molecule has 1 amide bonds. The Kier molecular flexibility index (Phi) is 8.82. The molecule has 1 aliphatic heterocycles. The first-order chi connectivity index (χ1) is 9.69. The zero-order chi connectivity index (χ0) is 14.8. The molecule has 118 valence electrons. The van der Waals surface area contributed by atoms with Crippen LogP contribution >= 0.6 is 0 Å². The van der Waals surface area contributed by atoms with Crippen molar-refractivity contribution in [3.63, 3.8) is 0 Å². The molecule has 1 N–H and O–H groups in total. The molecule has 1 heterocycles. The second kappa shape index (κ2) is 10.1. The van der Waals surface area contributed by atoms with Gasteiger partial charge in [0.25, 0.3) is 0 Å². The molecule has 0 radical (unpaired) electrons. The number of nitrogens with zero attached hydrogens (tertiary/aromatic N) is 1. The van der Waals surface area contributed by atoms with Crippen LogP contribution in [0.1, 0.15) is 40.0 Å². The third kappa shape index (κ3) is 6.20. The normalized spacial score (nSPS) is 22.8. The number of carbonyl (C=O) groups excluding carboxylic acids is 1. The number of ether oxygens (including phenoxy) is 2. The summed E-state index contributed by atoms with van der Waals surface area (Å²) >= 11 is 0. The van der Waals surface area contributed by atoms with E-state index in [2.05, 4.69) is 12.2 Å². The van der Waals surface area contributed by atoms with E-state index in [4.69, 9.17) is 9.47 Å². The van der Waals surface area contributed by atoms with Crippen molar-refractivity contribution in [3.05, 3.63) is 0 Å². The second-order valence-corrected chi connectivity index (χ2v) is 5.27. The number of hydrogen-bond donors (Lipinski definition) is 1. The first kappa shape index (κ1) is 17.4. The maximum Gasteiger partial charge on any atom is 0.239 e. The molecule has 2 unspecified atom stereocenters. The highest BCUT2D eigenvalue weighted by Gasteiger charge is 2.27. The number of hydrogen-bond acceptors (Lipinski definition) is 4. The van der Waals surface area contributed by atoms with Gasteiger partial charge in [-0.15, -0.1) is 0 Å². The van der Waals surface area contributed by atoms with Crippen molar-refractivity contribution in [2.45, 2.75) is 52.1 Å². The SMILES string of the molecule is CCOCCN(CCOCC)C(=O)C1CCCC(C)N1. The summed E-state index contributed by atoms with van der Waals surface area (Å²) in [5.41, 5.74) is 0. The van der Waals surface area contributed by atoms with Gasteiger partial charge in [0.15, 0.2) is 0 Å². The Labute approximate surface area is 123 Å². The molecule has 5 nitrogen and oxygen atoms in total. The van der Waals surface area contributed by atoms with Crippen LogP contribution in [0, 0.1) is 0 Å². The number of piperidine rings is 1. The summed E-state index contributed by atoms with van der Waals surface area (Å²) in [7, 11) is 0. The number of carbonyl (C=O) groups is 1. The Balaban J connectivity index is 2.47. The number of amides is 1. The van der Waals surface area contributed by atoms with Gasteiger partial charge < -0.3 is 19.7 Å². The first-order valence-corrected chi connectivity index (χ1v) is 7.89. The lowest BCUT2D eigenvalue weighted by atomic mass is 9.98. The van der Waals surface area contributed by atoms with Crippen molar-refractivity contribution in [1.82, 2.24) is 10.2 Å². The van der Waals surface area contributed by atoms with Crippen LogP contribution in [0.3, 0.4) is 0 Å². The summed E-state index contributed by atoms with van der Waals surface area (Å²) in [6.07, 6.45) is 3.21. The average molecular weight is 286 g/mol. The molecule has 0 aromatic heterocycles. The molecule has 1 fully saturated rings. The van der Waals surface area contributed by atoms with Gasteiger partial charge in [0.1, 0.15) is 0 Å². The zero-order valence-electron chi connectivity index (χ0n) is 13.2. The summed E-state index contributed by atoms with van der Waals surface area (Å²) in [6, 6.07) is 0.389. The average Bonchev–Trinajstić information content (AvgIpc) is 2.45. The van der Waals surface area contributed by atoms with E-state index >= 15 is 0 Å². The van der Waals surface area contributed by atoms with Gasteiger partial charge >= 0.3 is 0 Å². The maximum absolute atomic E-state index is 12.6. The van der Waals surface area contributed by atoms with Gasteiger partial charge in [0.2, 0.25) is 5.91 Å². The minimum atomic E-state index is -0.0398. The van der Waals surface area contributed by atoms with Crippen LogP contribution in [-0.2, 0) is 14.3 Å². The van der Waals surface area contributed by atoms with E-state index in [1.165, 1.54) is 0 Å². The highest BCUT2D eigenvalue weighted by Crippen LogP contribution is 2.14. The van der Waals surface area contributed by atoms with Crippen LogP contribution in [-0.4, -0.2) is 62.4 Å². The highest BCUT2D eigenvalue weighted by atomic mass is 16.5. The third-order valence-corrected chi connectivity index (χ3v) is 3.64. The molecule has 0 aliphatic carbocycles. The van der Waals surface area contributed by atoms with Crippen molar-refractivity contribution in [2.75, 3.05) is 39.5 Å². The molecule has 2 atom stereocenters. The fourth-order valence-corrected chi connectivity index (χ4v) is 2.52. The molecule has 1 aliphatic rings. The van der Waals surface area contributed by atoms with Crippen LogP contribution in [0.15, 0.2) is 0 Å². The van der Waals surface area contributed by atoms with Gasteiger partial charge in [0, 0.05) is 32.3 Å². The van der Waals surface area contributed by atoms with Gasteiger partial charge in [0.05, 0.1) is 19.3 Å². The largest absolute Gasteiger partial charge is 0.380 e. The van der Waals surface area contributed by atoms with E-state index in [9.17, 15) is 4.79 Å². The Bertz CT molecular complexity index is 264. The Morgan fingerprint density at radius 3 is 2.25 bits per heavy atom. The summed E-state index contributed by atoms with van der Waals surface area (Å²) in [6.45, 7) is 9.93. The van der Waals surface area contributed by atoms with Crippen LogP contribution in [0.2, 0.25) is 0 Å². The van der Waals surface area contributed by atoms with E-state index in [1.54, 1.807) is 0 Å². The van der Waals surface area contributed by atoms with E-state index in [0.717, 1.165) is 19.3 Å². The van der Waals surface area contributed by atoms with Crippen molar-refractivity contribution in [3.8, 4) is 0 Å². The minimum Gasteiger partial charge on any atom is -0.380 e. The van der Waals surface area contributed by atoms with Crippen LogP contribution < -0.4 is 5.32 Å². The molecular weight excluding hydrogens is 256 g/mol. The summed E-state index contributed by atoms with van der Waals surface area (Å²) in [4.78, 5) is 14.5. The molecule has 5 heteroatoms. The lowest BCUT2D eigenvalue weighted by Crippen LogP contribution is -2.52. The van der Waals surface area contributed by atoms with Crippen molar-refractivity contribution in [2.24, 2.45) is 0 Å². The Morgan fingerprint density at radius 1 is 1.15 bits per heavy atom. The summed E-state index contributed by atoms with van der Waals surface area (Å²) in [5, 5.41) is 3.40. The zero-order valence-corrected chi connectivity index (χ0v) is 13.2. The summed E-state index contributed by atoms with van der Waals surface area (Å²) in [5.74, 6) is 0.191. The molecule has 1 saturated heterocycles. The topological polar surface area (TPSA) is 50.8 Å². The van der Waals surface area contributed by atoms with Gasteiger partial charge in [-0.3, -0.25) is 4.79 Å². The Hall–Kier alpha value is -0.650. The van der Waals surface area contributed by atoms with E-state index in [0.29, 0.717) is 45.6 Å². The Morgan fingerprint density at radius 2 is 1.75 bits per heavy atom. The molecule has 0 aromatic carbocycles. The molecule has 0 bridgehead atoms. The van der Waals surface area contributed by atoms with Crippen LogP contribution in [0.5, 0.6) is 0 Å². The van der Waals surface area contributed by atoms with Crippen molar-refractivity contribution < 1.29 is 14.3 Å². The fraction of sp³-hybridized carbons (Fsp3) is 0.933. The van der Waals surface area contributed by atoms with Crippen molar-refractivity contribution in [1.29, 1.82) is 0 Å². The molecule has 20 heavy (non-hydrogen) atoms. The van der Waals surface area contributed by atoms with E-state index < -0.39 is 0 Å². The molecule has 0 saturated carbocycles. The van der Waals surface area contributed by atoms with Gasteiger partial charge in [-0.25, -0.2) is 0 Å². The van der Waals surface area contributed by atoms with Crippen LogP contribution in [0.4, 0.5) is 0 Å². The number of nitrogens with one attached hydrogen (secondary N) is 1. The lowest BCUT2D eigenvalue weighted by Gasteiger charge is -2.32. The van der Waals surface area contributed by atoms with Crippen molar-refractivity contribution >= 4 is 5.91 Å². The van der Waals surface area contributed by atoms with E-state index in [-0.39, 0.29) is 11.9 Å². The molecular formula is C15H30N2O3. The van der Waals surface area contributed by atoms with Gasteiger partial charge in [-0.05, 0) is 40.0 Å². The second-order valence-electron chi connectivity index (χ2n) is 5.27. The van der Waals surface area contributed by atoms with E-state index in [1.807, 2.05) is 18.7 Å². The van der Waals surface area contributed by atoms with Gasteiger partial charge in [-0.1, -0.05) is 0 Å². The number of rotatable bonds is 9. The predicted octanol–water partition coefficient (Wildman–Crippen LogP) is 1.42. The summed E-state index contributed by atoms with van der Waals surface area (Å²) < 4.78 is 10.7. The fourth-order valence-electron chi connectivity index (χ4n) is 2.52. The van der Waals surface area contributed by atoms with Crippen LogP contribution in [0.25, 0.3) is 0 Å². The first-order valence-electron chi connectivity index (χ1n) is 7.89. The highest BCUT2D eigenvalue weighted by molar-refractivity contribution is 5.82. The smallest absolute Gasteiger partial charge is 0.239 e. The molecule has 1 rings (SSSR count). The minimum absolute atomic E-state index is 0.0398.